The van der Waals surface area contributed by atoms with Gasteiger partial charge in [-0.25, -0.2) is 4.98 Å². The summed E-state index contributed by atoms with van der Waals surface area (Å²) in [5.41, 5.74) is 0.272. The second-order valence-corrected chi connectivity index (χ2v) is 5.25. The van der Waals surface area contributed by atoms with Crippen LogP contribution in [0.3, 0.4) is 0 Å². The van der Waals surface area contributed by atoms with Crippen molar-refractivity contribution in [1.29, 1.82) is 0 Å². The largest absolute Gasteiger partial charge is 0.370 e. The van der Waals surface area contributed by atoms with Crippen molar-refractivity contribution < 1.29 is 0 Å². The Hall–Kier alpha value is -1.25. The average molecular weight is 221 g/mol. The van der Waals surface area contributed by atoms with Crippen molar-refractivity contribution >= 4 is 11.6 Å². The Bertz CT molecular complexity index is 315. The molecule has 3 heteroatoms. The van der Waals surface area contributed by atoms with Gasteiger partial charge in [0.15, 0.2) is 0 Å². The third-order valence-electron chi connectivity index (χ3n) is 2.11. The molecule has 1 heterocycles. The van der Waals surface area contributed by atoms with Crippen LogP contribution in [-0.4, -0.2) is 18.1 Å². The van der Waals surface area contributed by atoms with Crippen LogP contribution in [0.1, 0.15) is 34.1 Å². The molecule has 16 heavy (non-hydrogen) atoms. The molecule has 0 unspecified atom stereocenters. The van der Waals surface area contributed by atoms with Crippen LogP contribution in [0.2, 0.25) is 0 Å². The van der Waals surface area contributed by atoms with Crippen LogP contribution in [0.25, 0.3) is 0 Å². The normalized spacial score (nSPS) is 11.2. The number of nitrogens with zero attached hydrogens (tertiary/aromatic N) is 1. The van der Waals surface area contributed by atoms with E-state index in [-0.39, 0.29) is 5.41 Å². The lowest BCUT2D eigenvalue weighted by atomic mass is 9.97. The van der Waals surface area contributed by atoms with Gasteiger partial charge in [-0.3, -0.25) is 0 Å². The first-order chi connectivity index (χ1) is 7.51. The van der Waals surface area contributed by atoms with E-state index in [1.165, 1.54) is 0 Å². The van der Waals surface area contributed by atoms with Crippen molar-refractivity contribution in [2.75, 3.05) is 23.7 Å². The zero-order chi connectivity index (χ0) is 12.0. The maximum Gasteiger partial charge on any atom is 0.128 e. The SMILES string of the molecule is CCCNc1cccc(NCC(C)(C)C)n1. The van der Waals surface area contributed by atoms with Crippen molar-refractivity contribution in [2.24, 2.45) is 5.41 Å². The molecule has 3 nitrogen and oxygen atoms in total. The molecule has 2 N–H and O–H groups in total. The van der Waals surface area contributed by atoms with E-state index in [1.54, 1.807) is 0 Å². The summed E-state index contributed by atoms with van der Waals surface area (Å²) in [6.07, 6.45) is 1.11. The molecule has 1 aromatic rings. The van der Waals surface area contributed by atoms with Crippen LogP contribution >= 0.6 is 0 Å². The third kappa shape index (κ3) is 5.01. The Morgan fingerprint density at radius 3 is 2.31 bits per heavy atom. The predicted octanol–water partition coefficient (Wildman–Crippen LogP) is 3.36. The molecule has 0 fully saturated rings. The van der Waals surface area contributed by atoms with Crippen molar-refractivity contribution in [2.45, 2.75) is 34.1 Å². The van der Waals surface area contributed by atoms with Gasteiger partial charge in [0.25, 0.3) is 0 Å². The van der Waals surface area contributed by atoms with Gasteiger partial charge in [-0.1, -0.05) is 33.8 Å². The minimum absolute atomic E-state index is 0.272. The van der Waals surface area contributed by atoms with E-state index in [0.717, 1.165) is 31.1 Å². The van der Waals surface area contributed by atoms with E-state index in [4.69, 9.17) is 0 Å². The monoisotopic (exact) mass is 221 g/mol. The summed E-state index contributed by atoms with van der Waals surface area (Å²) in [5.74, 6) is 1.89. The highest BCUT2D eigenvalue weighted by Crippen LogP contribution is 2.15. The fourth-order valence-electron chi connectivity index (χ4n) is 1.24. The average Bonchev–Trinajstić information content (AvgIpc) is 2.23. The van der Waals surface area contributed by atoms with Gasteiger partial charge in [0.05, 0.1) is 0 Å². The van der Waals surface area contributed by atoms with Crippen LogP contribution in [0.15, 0.2) is 18.2 Å². The number of anilines is 2. The summed E-state index contributed by atoms with van der Waals surface area (Å²) in [6, 6.07) is 6.02. The third-order valence-corrected chi connectivity index (χ3v) is 2.11. The van der Waals surface area contributed by atoms with E-state index in [2.05, 4.69) is 43.3 Å². The maximum absolute atomic E-state index is 4.49. The van der Waals surface area contributed by atoms with Crippen molar-refractivity contribution in [3.63, 3.8) is 0 Å². The summed E-state index contributed by atoms with van der Waals surface area (Å²) < 4.78 is 0. The molecule has 0 aliphatic carbocycles. The Labute approximate surface area is 98.7 Å². The summed E-state index contributed by atoms with van der Waals surface area (Å²) in [7, 11) is 0. The second-order valence-electron chi connectivity index (χ2n) is 5.25. The van der Waals surface area contributed by atoms with Gasteiger partial charge in [0.2, 0.25) is 0 Å². The number of pyridine rings is 1. The molecule has 90 valence electrons. The summed E-state index contributed by atoms with van der Waals surface area (Å²) in [5, 5.41) is 6.63. The topological polar surface area (TPSA) is 37.0 Å². The molecule has 0 aliphatic heterocycles. The van der Waals surface area contributed by atoms with Crippen LogP contribution in [0, 0.1) is 5.41 Å². The van der Waals surface area contributed by atoms with Gasteiger partial charge >= 0.3 is 0 Å². The summed E-state index contributed by atoms with van der Waals surface area (Å²) in [6.45, 7) is 10.7. The molecule has 1 rings (SSSR count). The minimum Gasteiger partial charge on any atom is -0.370 e. The molecule has 0 radical (unpaired) electrons. The Morgan fingerprint density at radius 2 is 1.75 bits per heavy atom. The molecule has 0 saturated carbocycles. The first-order valence-corrected chi connectivity index (χ1v) is 5.96. The van der Waals surface area contributed by atoms with Crippen LogP contribution in [-0.2, 0) is 0 Å². The van der Waals surface area contributed by atoms with Crippen molar-refractivity contribution in [3.8, 4) is 0 Å². The van der Waals surface area contributed by atoms with Crippen LogP contribution in [0.4, 0.5) is 11.6 Å². The summed E-state index contributed by atoms with van der Waals surface area (Å²) in [4.78, 5) is 4.49. The first-order valence-electron chi connectivity index (χ1n) is 5.96. The number of hydrogen-bond acceptors (Lipinski definition) is 3. The highest BCUT2D eigenvalue weighted by molar-refractivity contribution is 5.45. The predicted molar refractivity (Wildman–Crippen MR) is 71.0 cm³/mol. The smallest absolute Gasteiger partial charge is 0.128 e. The Kier molecular flexibility index (Phi) is 4.59. The molecular weight excluding hydrogens is 198 g/mol. The number of nitrogens with one attached hydrogen (secondary N) is 2. The van der Waals surface area contributed by atoms with Gasteiger partial charge in [-0.2, -0.15) is 0 Å². The molecule has 0 bridgehead atoms. The molecule has 0 aliphatic rings. The lowest BCUT2D eigenvalue weighted by Gasteiger charge is -2.19. The van der Waals surface area contributed by atoms with E-state index >= 15 is 0 Å². The zero-order valence-corrected chi connectivity index (χ0v) is 10.8. The summed E-state index contributed by atoms with van der Waals surface area (Å²) >= 11 is 0. The maximum atomic E-state index is 4.49. The van der Waals surface area contributed by atoms with Crippen molar-refractivity contribution in [1.82, 2.24) is 4.98 Å². The van der Waals surface area contributed by atoms with Gasteiger partial charge in [-0.05, 0) is 24.0 Å². The zero-order valence-electron chi connectivity index (χ0n) is 10.8. The Balaban J connectivity index is 2.53. The van der Waals surface area contributed by atoms with E-state index in [0.29, 0.717) is 0 Å². The molecule has 0 spiro atoms. The van der Waals surface area contributed by atoms with Crippen LogP contribution < -0.4 is 10.6 Å². The lowest BCUT2D eigenvalue weighted by molar-refractivity contribution is 0.442. The molecule has 1 aromatic heterocycles. The molecule has 0 atom stereocenters. The van der Waals surface area contributed by atoms with E-state index in [9.17, 15) is 0 Å². The van der Waals surface area contributed by atoms with E-state index in [1.807, 2.05) is 18.2 Å². The van der Waals surface area contributed by atoms with E-state index < -0.39 is 0 Å². The van der Waals surface area contributed by atoms with Crippen molar-refractivity contribution in [3.05, 3.63) is 18.2 Å². The van der Waals surface area contributed by atoms with Gasteiger partial charge < -0.3 is 10.6 Å². The molecular formula is C13H23N3. The minimum atomic E-state index is 0.272. The van der Waals surface area contributed by atoms with Gasteiger partial charge in [-0.15, -0.1) is 0 Å². The highest BCUT2D eigenvalue weighted by atomic mass is 15.1. The molecule has 0 saturated heterocycles. The number of rotatable bonds is 5. The number of hydrogen-bond donors (Lipinski definition) is 2. The number of aromatic nitrogens is 1. The van der Waals surface area contributed by atoms with Gasteiger partial charge in [0.1, 0.15) is 11.6 Å². The second kappa shape index (κ2) is 5.73. The lowest BCUT2D eigenvalue weighted by Crippen LogP contribution is -2.19. The molecule has 0 aromatic carbocycles. The highest BCUT2D eigenvalue weighted by Gasteiger charge is 2.09. The van der Waals surface area contributed by atoms with Crippen LogP contribution in [0.5, 0.6) is 0 Å². The fraction of sp³-hybridized carbons (Fsp3) is 0.615. The molecule has 0 amide bonds. The Morgan fingerprint density at radius 1 is 1.12 bits per heavy atom. The fourth-order valence-corrected chi connectivity index (χ4v) is 1.24. The first kappa shape index (κ1) is 12.8. The standard InChI is InChI=1S/C13H23N3/c1-5-9-14-11-7-6-8-12(16-11)15-10-13(2,3)4/h6-8H,5,9-10H2,1-4H3,(H2,14,15,16). The van der Waals surface area contributed by atoms with Gasteiger partial charge in [0, 0.05) is 13.1 Å². The quantitative estimate of drug-likeness (QED) is 0.800.